The number of hydrogen-bond acceptors (Lipinski definition) is 1. The number of benzene rings is 2. The van der Waals surface area contributed by atoms with Gasteiger partial charge >= 0.3 is 0 Å². The fourth-order valence-electron chi connectivity index (χ4n) is 2.04. The Kier molecular flexibility index (Phi) is 4.25. The Morgan fingerprint density at radius 1 is 1.00 bits per heavy atom. The molecule has 0 amide bonds. The summed E-state index contributed by atoms with van der Waals surface area (Å²) in [6.45, 7) is 4.24. The molecule has 1 atom stereocenters. The van der Waals surface area contributed by atoms with Crippen LogP contribution in [0.1, 0.15) is 28.3 Å². The van der Waals surface area contributed by atoms with Gasteiger partial charge < -0.3 is 5.73 Å². The molecule has 0 saturated heterocycles. The third-order valence-electron chi connectivity index (χ3n) is 3.23. The van der Waals surface area contributed by atoms with Crippen LogP contribution in [0.4, 0.5) is 0 Å². The predicted molar refractivity (Wildman–Crippen MR) is 83.8 cm³/mol. The molecule has 0 spiro atoms. The minimum Gasteiger partial charge on any atom is -0.320 e. The molecule has 0 bridgehead atoms. The zero-order chi connectivity index (χ0) is 13.3. The van der Waals surface area contributed by atoms with Crippen LogP contribution in [0.15, 0.2) is 45.3 Å². The summed E-state index contributed by atoms with van der Waals surface area (Å²) in [4.78, 5) is 0. The van der Waals surface area contributed by atoms with E-state index in [0.717, 1.165) is 14.5 Å². The van der Waals surface area contributed by atoms with Crippen LogP contribution in [0.25, 0.3) is 0 Å². The molecule has 2 aromatic carbocycles. The number of aryl methyl sites for hydroxylation is 1. The van der Waals surface area contributed by atoms with Crippen molar-refractivity contribution in [3.05, 3.63) is 67.6 Å². The summed E-state index contributed by atoms with van der Waals surface area (Å²) in [5.41, 5.74) is 11.2. The Morgan fingerprint density at radius 3 is 2.22 bits per heavy atom. The van der Waals surface area contributed by atoms with Crippen molar-refractivity contribution in [1.82, 2.24) is 0 Å². The van der Waals surface area contributed by atoms with Crippen molar-refractivity contribution in [2.75, 3.05) is 0 Å². The van der Waals surface area contributed by atoms with Crippen molar-refractivity contribution in [1.29, 1.82) is 0 Å². The maximum atomic E-state index is 6.38. The van der Waals surface area contributed by atoms with Gasteiger partial charge in [-0.25, -0.2) is 0 Å². The number of rotatable bonds is 2. The van der Waals surface area contributed by atoms with E-state index in [1.165, 1.54) is 16.7 Å². The predicted octanol–water partition coefficient (Wildman–Crippen LogP) is 4.88. The third kappa shape index (κ3) is 2.85. The lowest BCUT2D eigenvalue weighted by atomic mass is 9.93. The second kappa shape index (κ2) is 5.55. The van der Waals surface area contributed by atoms with E-state index in [1.807, 2.05) is 6.07 Å². The quantitative estimate of drug-likeness (QED) is 0.803. The minimum atomic E-state index is -0.0984. The second-order valence-corrected chi connectivity index (χ2v) is 6.30. The number of hydrogen-bond donors (Lipinski definition) is 1. The summed E-state index contributed by atoms with van der Waals surface area (Å²) < 4.78 is 2.07. The van der Waals surface area contributed by atoms with Gasteiger partial charge in [0.25, 0.3) is 0 Å². The highest BCUT2D eigenvalue weighted by atomic mass is 79.9. The smallest absolute Gasteiger partial charge is 0.0555 e. The van der Waals surface area contributed by atoms with Crippen LogP contribution < -0.4 is 5.73 Å². The molecule has 94 valence electrons. The standard InChI is InChI=1S/C15H15Br2N/c1-9-4-3-5-14(10(9)2)15(18)11-6-12(16)8-13(17)7-11/h3-8,15H,18H2,1-2H3. The lowest BCUT2D eigenvalue weighted by Crippen LogP contribution is -2.13. The van der Waals surface area contributed by atoms with E-state index in [9.17, 15) is 0 Å². The van der Waals surface area contributed by atoms with Gasteiger partial charge in [0.15, 0.2) is 0 Å². The Balaban J connectivity index is 2.47. The summed E-state index contributed by atoms with van der Waals surface area (Å²) in [5.74, 6) is 0. The Labute approximate surface area is 125 Å². The molecule has 2 aromatic rings. The first kappa shape index (κ1) is 13.8. The molecule has 2 rings (SSSR count). The van der Waals surface area contributed by atoms with Crippen LogP contribution in [0, 0.1) is 13.8 Å². The highest BCUT2D eigenvalue weighted by Gasteiger charge is 2.13. The fraction of sp³-hybridized carbons (Fsp3) is 0.200. The zero-order valence-electron chi connectivity index (χ0n) is 10.4. The average Bonchev–Trinajstić information content (AvgIpc) is 2.30. The molecule has 0 aliphatic carbocycles. The van der Waals surface area contributed by atoms with E-state index in [-0.39, 0.29) is 6.04 Å². The summed E-state index contributed by atoms with van der Waals surface area (Å²) in [7, 11) is 0. The first-order chi connectivity index (χ1) is 8.49. The van der Waals surface area contributed by atoms with E-state index >= 15 is 0 Å². The van der Waals surface area contributed by atoms with Crippen LogP contribution >= 0.6 is 31.9 Å². The minimum absolute atomic E-state index is 0.0984. The Hall–Kier alpha value is -0.640. The van der Waals surface area contributed by atoms with Crippen molar-refractivity contribution in [3.8, 4) is 0 Å². The molecule has 1 nitrogen and oxygen atoms in total. The van der Waals surface area contributed by atoms with Gasteiger partial charge in [0.2, 0.25) is 0 Å². The summed E-state index contributed by atoms with van der Waals surface area (Å²) in [6, 6.07) is 12.3. The number of halogens is 2. The van der Waals surface area contributed by atoms with Gasteiger partial charge in [0, 0.05) is 8.95 Å². The summed E-state index contributed by atoms with van der Waals surface area (Å²) >= 11 is 7.00. The molecule has 1 unspecified atom stereocenters. The maximum absolute atomic E-state index is 6.38. The van der Waals surface area contributed by atoms with Gasteiger partial charge in [-0.3, -0.25) is 0 Å². The van der Waals surface area contributed by atoms with E-state index in [4.69, 9.17) is 5.73 Å². The SMILES string of the molecule is Cc1cccc(C(N)c2cc(Br)cc(Br)c2)c1C. The molecule has 0 heterocycles. The molecule has 0 fully saturated rings. The highest BCUT2D eigenvalue weighted by molar-refractivity contribution is 9.11. The highest BCUT2D eigenvalue weighted by Crippen LogP contribution is 2.29. The van der Waals surface area contributed by atoms with Gasteiger partial charge in [-0.05, 0) is 54.3 Å². The molecule has 18 heavy (non-hydrogen) atoms. The first-order valence-electron chi connectivity index (χ1n) is 5.76. The fourth-order valence-corrected chi connectivity index (χ4v) is 3.37. The largest absolute Gasteiger partial charge is 0.320 e. The van der Waals surface area contributed by atoms with E-state index in [0.29, 0.717) is 0 Å². The third-order valence-corrected chi connectivity index (χ3v) is 4.14. The van der Waals surface area contributed by atoms with Gasteiger partial charge in [-0.2, -0.15) is 0 Å². The molecule has 0 aromatic heterocycles. The van der Waals surface area contributed by atoms with Crippen LogP contribution in [-0.2, 0) is 0 Å². The zero-order valence-corrected chi connectivity index (χ0v) is 13.5. The molecule has 3 heteroatoms. The van der Waals surface area contributed by atoms with E-state index < -0.39 is 0 Å². The topological polar surface area (TPSA) is 26.0 Å². The van der Waals surface area contributed by atoms with Gasteiger partial charge in [-0.15, -0.1) is 0 Å². The van der Waals surface area contributed by atoms with E-state index in [1.54, 1.807) is 0 Å². The van der Waals surface area contributed by atoms with Crippen LogP contribution in [0.2, 0.25) is 0 Å². The maximum Gasteiger partial charge on any atom is 0.0555 e. The lowest BCUT2D eigenvalue weighted by Gasteiger charge is -2.17. The van der Waals surface area contributed by atoms with Crippen molar-refractivity contribution >= 4 is 31.9 Å². The van der Waals surface area contributed by atoms with Gasteiger partial charge in [-0.1, -0.05) is 50.1 Å². The molecule has 0 aliphatic rings. The molecule has 0 aliphatic heterocycles. The molecule has 2 N–H and O–H groups in total. The second-order valence-electron chi connectivity index (χ2n) is 4.47. The van der Waals surface area contributed by atoms with Crippen molar-refractivity contribution in [3.63, 3.8) is 0 Å². The monoisotopic (exact) mass is 367 g/mol. The first-order valence-corrected chi connectivity index (χ1v) is 7.35. The average molecular weight is 369 g/mol. The van der Waals surface area contributed by atoms with Crippen LogP contribution in [0.5, 0.6) is 0 Å². The summed E-state index contributed by atoms with van der Waals surface area (Å²) in [5, 5.41) is 0. The van der Waals surface area contributed by atoms with Gasteiger partial charge in [0.1, 0.15) is 0 Å². The molecular formula is C15H15Br2N. The molecule has 0 radical (unpaired) electrons. The van der Waals surface area contributed by atoms with Crippen LogP contribution in [0.3, 0.4) is 0 Å². The Morgan fingerprint density at radius 2 is 1.61 bits per heavy atom. The number of nitrogens with two attached hydrogens (primary N) is 1. The van der Waals surface area contributed by atoms with E-state index in [2.05, 4.69) is 76.0 Å². The molecular weight excluding hydrogens is 354 g/mol. The lowest BCUT2D eigenvalue weighted by molar-refractivity contribution is 0.857. The van der Waals surface area contributed by atoms with Crippen molar-refractivity contribution < 1.29 is 0 Å². The van der Waals surface area contributed by atoms with Crippen molar-refractivity contribution in [2.45, 2.75) is 19.9 Å². The van der Waals surface area contributed by atoms with Crippen molar-refractivity contribution in [2.24, 2.45) is 5.73 Å². The van der Waals surface area contributed by atoms with Gasteiger partial charge in [0.05, 0.1) is 6.04 Å². The Bertz CT molecular complexity index is 558. The molecule has 0 saturated carbocycles. The van der Waals surface area contributed by atoms with Crippen LogP contribution in [-0.4, -0.2) is 0 Å². The summed E-state index contributed by atoms with van der Waals surface area (Å²) in [6.07, 6.45) is 0. The normalized spacial score (nSPS) is 12.5.